The van der Waals surface area contributed by atoms with Crippen LogP contribution in [0.2, 0.25) is 0 Å². The number of nitrogens with two attached hydrogens (primary N) is 2. The third kappa shape index (κ3) is 4.89. The van der Waals surface area contributed by atoms with Crippen LogP contribution in [0, 0.1) is 0 Å². The molecule has 4 nitrogen and oxygen atoms in total. The fourth-order valence-corrected chi connectivity index (χ4v) is 2.05. The summed E-state index contributed by atoms with van der Waals surface area (Å²) in [5.41, 5.74) is 9.41. The van der Waals surface area contributed by atoms with E-state index >= 15 is 0 Å². The van der Waals surface area contributed by atoms with Gasteiger partial charge in [0.2, 0.25) is 5.91 Å². The summed E-state index contributed by atoms with van der Waals surface area (Å²) in [6.45, 7) is 3.39. The van der Waals surface area contributed by atoms with Crippen molar-refractivity contribution in [1.29, 1.82) is 0 Å². The summed E-state index contributed by atoms with van der Waals surface area (Å²) in [4.78, 5) is 10.8. The lowest BCUT2D eigenvalue weighted by Crippen LogP contribution is -2.36. The van der Waals surface area contributed by atoms with Crippen LogP contribution < -0.4 is 16.8 Å². The number of rotatable bonds is 5. The predicted octanol–water partition coefficient (Wildman–Crippen LogP) is 2.41. The van der Waals surface area contributed by atoms with Gasteiger partial charge >= 0.3 is 6.18 Å². The summed E-state index contributed by atoms with van der Waals surface area (Å²) in [5.74, 6) is -0.531. The van der Waals surface area contributed by atoms with Gasteiger partial charge in [0.1, 0.15) is 4.99 Å². The zero-order valence-corrected chi connectivity index (χ0v) is 12.4. The molecule has 0 saturated carbocycles. The van der Waals surface area contributed by atoms with Crippen LogP contribution in [0.15, 0.2) is 18.2 Å². The molecule has 1 amide bonds. The van der Waals surface area contributed by atoms with Crippen LogP contribution in [0.3, 0.4) is 0 Å². The van der Waals surface area contributed by atoms with Gasteiger partial charge < -0.3 is 16.8 Å². The summed E-state index contributed by atoms with van der Waals surface area (Å²) < 4.78 is 38.1. The molecular formula is C13H16F3N3OS. The van der Waals surface area contributed by atoms with E-state index in [1.54, 1.807) is 13.8 Å². The van der Waals surface area contributed by atoms with Crippen molar-refractivity contribution in [1.82, 2.24) is 0 Å². The second-order valence-electron chi connectivity index (χ2n) is 5.27. The Kier molecular flexibility index (Phi) is 4.83. The van der Waals surface area contributed by atoms with Crippen molar-refractivity contribution in [3.8, 4) is 0 Å². The fraction of sp³-hybridized carbons (Fsp3) is 0.385. The van der Waals surface area contributed by atoms with Crippen LogP contribution in [-0.2, 0) is 11.0 Å². The van der Waals surface area contributed by atoms with Gasteiger partial charge in [-0.1, -0.05) is 12.2 Å². The van der Waals surface area contributed by atoms with Crippen LogP contribution in [0.5, 0.6) is 0 Å². The summed E-state index contributed by atoms with van der Waals surface area (Å²) in [5, 5.41) is 2.94. The van der Waals surface area contributed by atoms with E-state index in [1.165, 1.54) is 6.07 Å². The lowest BCUT2D eigenvalue weighted by molar-refractivity contribution is -0.137. The minimum Gasteiger partial charge on any atom is -0.389 e. The van der Waals surface area contributed by atoms with E-state index in [0.29, 0.717) is 5.69 Å². The van der Waals surface area contributed by atoms with E-state index in [0.717, 1.165) is 12.1 Å². The van der Waals surface area contributed by atoms with Crippen LogP contribution in [0.25, 0.3) is 0 Å². The van der Waals surface area contributed by atoms with Gasteiger partial charge in [-0.15, -0.1) is 0 Å². The van der Waals surface area contributed by atoms with Gasteiger partial charge in [-0.2, -0.15) is 13.2 Å². The summed E-state index contributed by atoms with van der Waals surface area (Å²) in [6, 6.07) is 3.04. The molecule has 8 heteroatoms. The number of benzene rings is 1. The highest BCUT2D eigenvalue weighted by molar-refractivity contribution is 7.80. The summed E-state index contributed by atoms with van der Waals surface area (Å²) >= 11 is 4.79. The van der Waals surface area contributed by atoms with Gasteiger partial charge in [0.15, 0.2) is 0 Å². The molecule has 0 fully saturated rings. The zero-order valence-electron chi connectivity index (χ0n) is 11.5. The Morgan fingerprint density at radius 3 is 2.29 bits per heavy atom. The minimum atomic E-state index is -4.49. The molecule has 0 saturated heterocycles. The van der Waals surface area contributed by atoms with Gasteiger partial charge in [-0.25, -0.2) is 0 Å². The van der Waals surface area contributed by atoms with Gasteiger partial charge in [0, 0.05) is 23.2 Å². The molecule has 0 aliphatic heterocycles. The molecule has 0 unspecified atom stereocenters. The molecule has 0 atom stereocenters. The first-order valence-corrected chi connectivity index (χ1v) is 6.41. The number of anilines is 1. The maximum atomic E-state index is 12.7. The van der Waals surface area contributed by atoms with E-state index < -0.39 is 23.2 Å². The first kappa shape index (κ1) is 17.2. The van der Waals surface area contributed by atoms with Crippen molar-refractivity contribution in [2.45, 2.75) is 32.0 Å². The van der Waals surface area contributed by atoms with Gasteiger partial charge in [0.05, 0.1) is 5.56 Å². The number of nitrogens with one attached hydrogen (secondary N) is 1. The van der Waals surface area contributed by atoms with Crippen LogP contribution in [0.1, 0.15) is 31.4 Å². The van der Waals surface area contributed by atoms with E-state index in [2.05, 4.69) is 5.32 Å². The zero-order chi connectivity index (χ0) is 16.4. The highest BCUT2D eigenvalue weighted by Crippen LogP contribution is 2.32. The lowest BCUT2D eigenvalue weighted by Gasteiger charge is -2.27. The Labute approximate surface area is 125 Å². The van der Waals surface area contributed by atoms with E-state index in [4.69, 9.17) is 23.7 Å². The molecule has 1 aromatic rings. The highest BCUT2D eigenvalue weighted by atomic mass is 32.1. The maximum Gasteiger partial charge on any atom is 0.416 e. The highest BCUT2D eigenvalue weighted by Gasteiger charge is 2.32. The van der Waals surface area contributed by atoms with Crippen LogP contribution in [0.4, 0.5) is 18.9 Å². The first-order valence-electron chi connectivity index (χ1n) is 6.00. The Morgan fingerprint density at radius 2 is 1.86 bits per heavy atom. The average Bonchev–Trinajstić information content (AvgIpc) is 2.24. The standard InChI is InChI=1S/C13H16F3N3OS/c1-12(2,6-10(17)20)19-9-4-3-7(13(14,15)16)5-8(9)11(18)21/h3-5,19H,6H2,1-2H3,(H2,17,20)(H2,18,21). The number of carbonyl (C=O) groups excluding carboxylic acids is 1. The van der Waals surface area contributed by atoms with Gasteiger partial charge in [-0.05, 0) is 32.0 Å². The lowest BCUT2D eigenvalue weighted by atomic mass is 9.98. The number of amides is 1. The van der Waals surface area contributed by atoms with Gasteiger partial charge in [0.25, 0.3) is 0 Å². The topological polar surface area (TPSA) is 81.1 Å². The second-order valence-corrected chi connectivity index (χ2v) is 5.71. The monoisotopic (exact) mass is 319 g/mol. The molecule has 0 aromatic heterocycles. The van der Waals surface area contributed by atoms with E-state index in [1.807, 2.05) is 0 Å². The Hall–Kier alpha value is -1.83. The van der Waals surface area contributed by atoms with Gasteiger partial charge in [-0.3, -0.25) is 4.79 Å². The van der Waals surface area contributed by atoms with Crippen LogP contribution in [-0.4, -0.2) is 16.4 Å². The molecule has 0 radical (unpaired) electrons. The Balaban J connectivity index is 3.19. The number of thiocarbonyl (C=S) groups is 1. The molecule has 21 heavy (non-hydrogen) atoms. The third-order valence-electron chi connectivity index (χ3n) is 2.70. The molecule has 1 rings (SSSR count). The second kappa shape index (κ2) is 5.88. The molecular weight excluding hydrogens is 303 g/mol. The number of hydrogen-bond acceptors (Lipinski definition) is 3. The van der Waals surface area contributed by atoms with Crippen molar-refractivity contribution in [2.24, 2.45) is 11.5 Å². The number of carbonyl (C=O) groups is 1. The molecule has 0 aliphatic carbocycles. The maximum absolute atomic E-state index is 12.7. The predicted molar refractivity (Wildman–Crippen MR) is 78.8 cm³/mol. The average molecular weight is 319 g/mol. The van der Waals surface area contributed by atoms with E-state index in [9.17, 15) is 18.0 Å². The number of alkyl halides is 3. The minimum absolute atomic E-state index is 0.00476. The number of hydrogen-bond donors (Lipinski definition) is 3. The first-order chi connectivity index (χ1) is 9.42. The summed E-state index contributed by atoms with van der Waals surface area (Å²) in [7, 11) is 0. The molecule has 1 aromatic carbocycles. The summed E-state index contributed by atoms with van der Waals surface area (Å²) in [6.07, 6.45) is -4.48. The molecule has 0 heterocycles. The fourth-order valence-electron chi connectivity index (χ4n) is 1.88. The molecule has 0 spiro atoms. The normalized spacial score (nSPS) is 12.0. The van der Waals surface area contributed by atoms with Crippen molar-refractivity contribution in [3.63, 3.8) is 0 Å². The molecule has 0 bridgehead atoms. The molecule has 5 N–H and O–H groups in total. The number of halogens is 3. The Morgan fingerprint density at radius 1 is 1.29 bits per heavy atom. The van der Waals surface area contributed by atoms with Crippen molar-refractivity contribution in [3.05, 3.63) is 29.3 Å². The van der Waals surface area contributed by atoms with Crippen molar-refractivity contribution < 1.29 is 18.0 Å². The van der Waals surface area contributed by atoms with E-state index in [-0.39, 0.29) is 17.0 Å². The van der Waals surface area contributed by atoms with Crippen molar-refractivity contribution in [2.75, 3.05) is 5.32 Å². The van der Waals surface area contributed by atoms with Crippen molar-refractivity contribution >= 4 is 28.8 Å². The molecule has 0 aliphatic rings. The largest absolute Gasteiger partial charge is 0.416 e. The quantitative estimate of drug-likeness (QED) is 0.728. The van der Waals surface area contributed by atoms with Crippen LogP contribution >= 0.6 is 12.2 Å². The Bertz CT molecular complexity index is 570. The number of primary amides is 1. The SMILES string of the molecule is CC(C)(CC(N)=O)Nc1ccc(C(F)(F)F)cc1C(N)=S. The third-order valence-corrected chi connectivity index (χ3v) is 2.92. The smallest absolute Gasteiger partial charge is 0.389 e. The molecule has 116 valence electrons.